The maximum absolute atomic E-state index is 13.8. The molecule has 1 fully saturated rings. The van der Waals surface area contributed by atoms with Gasteiger partial charge in [0, 0.05) is 55.0 Å². The Morgan fingerprint density at radius 3 is 2.29 bits per heavy atom. The van der Waals surface area contributed by atoms with E-state index in [-0.39, 0.29) is 12.1 Å². The molecule has 1 saturated heterocycles. The van der Waals surface area contributed by atoms with Crippen LogP contribution in [0.1, 0.15) is 49.4 Å². The number of anilines is 1. The van der Waals surface area contributed by atoms with Gasteiger partial charge in [0.05, 0.1) is 18.7 Å². The number of fused-ring (bicyclic) bond motifs is 1. The summed E-state index contributed by atoms with van der Waals surface area (Å²) >= 11 is 0. The van der Waals surface area contributed by atoms with Crippen LogP contribution in [0, 0.1) is 11.3 Å². The van der Waals surface area contributed by atoms with Gasteiger partial charge in [0.1, 0.15) is 11.6 Å². The summed E-state index contributed by atoms with van der Waals surface area (Å²) in [6.07, 6.45) is 7.72. The number of halogens is 2. The number of methoxy groups -OCH3 is 1. The fourth-order valence-corrected chi connectivity index (χ4v) is 6.03. The number of hydrogen-bond donors (Lipinski definition) is 0. The lowest BCUT2D eigenvalue weighted by atomic mass is 9.88. The third-order valence-corrected chi connectivity index (χ3v) is 7.95. The monoisotopic (exact) mass is 568 g/mol. The Bertz CT molecular complexity index is 1560. The molecule has 42 heavy (non-hydrogen) atoms. The van der Waals surface area contributed by atoms with E-state index in [2.05, 4.69) is 30.4 Å². The van der Waals surface area contributed by atoms with Crippen LogP contribution in [0.4, 0.5) is 14.6 Å². The van der Waals surface area contributed by atoms with Gasteiger partial charge >= 0.3 is 5.92 Å². The summed E-state index contributed by atoms with van der Waals surface area (Å²) in [7, 11) is 1.67. The van der Waals surface area contributed by atoms with E-state index in [1.54, 1.807) is 21.0 Å². The molecule has 2 aromatic carbocycles. The molecule has 0 unspecified atom stereocenters. The lowest BCUT2D eigenvalue weighted by Gasteiger charge is -2.45. The first-order valence-corrected chi connectivity index (χ1v) is 14.1. The highest BCUT2D eigenvalue weighted by Gasteiger charge is 2.43. The molecule has 8 heteroatoms. The maximum Gasteiger partial charge on any atom is 0.322 e. The van der Waals surface area contributed by atoms with E-state index in [1.807, 2.05) is 53.6 Å². The van der Waals surface area contributed by atoms with Crippen molar-refractivity contribution in [2.75, 3.05) is 25.1 Å². The molecule has 0 bridgehead atoms. The Morgan fingerprint density at radius 1 is 1.02 bits per heavy atom. The van der Waals surface area contributed by atoms with Crippen LogP contribution >= 0.6 is 0 Å². The number of benzene rings is 2. The van der Waals surface area contributed by atoms with Gasteiger partial charge in [0.25, 0.3) is 5.91 Å². The molecular formula is C34H34F2N4O2. The van der Waals surface area contributed by atoms with Crippen LogP contribution in [0.15, 0.2) is 72.9 Å². The maximum atomic E-state index is 13.8. The van der Waals surface area contributed by atoms with E-state index < -0.39 is 11.8 Å². The second-order valence-corrected chi connectivity index (χ2v) is 11.0. The van der Waals surface area contributed by atoms with Gasteiger partial charge in [-0.3, -0.25) is 4.79 Å². The van der Waals surface area contributed by atoms with E-state index in [9.17, 15) is 18.8 Å². The summed E-state index contributed by atoms with van der Waals surface area (Å²) in [6.45, 7) is 5.06. The number of aromatic nitrogens is 1. The van der Waals surface area contributed by atoms with Gasteiger partial charge < -0.3 is 14.5 Å². The smallest absolute Gasteiger partial charge is 0.322 e. The topological polar surface area (TPSA) is 69.5 Å². The van der Waals surface area contributed by atoms with Gasteiger partial charge in [-0.15, -0.1) is 0 Å². The number of nitriles is 1. The van der Waals surface area contributed by atoms with Crippen molar-refractivity contribution in [2.24, 2.45) is 0 Å². The van der Waals surface area contributed by atoms with Gasteiger partial charge in [0.15, 0.2) is 0 Å². The van der Waals surface area contributed by atoms with E-state index in [0.29, 0.717) is 25.6 Å². The number of nitrogens with zero attached hydrogens (tertiary/aromatic N) is 4. The molecule has 2 atom stereocenters. The highest BCUT2D eigenvalue weighted by Crippen LogP contribution is 2.37. The van der Waals surface area contributed by atoms with Crippen molar-refractivity contribution in [3.63, 3.8) is 0 Å². The highest BCUT2D eigenvalue weighted by molar-refractivity contribution is 5.95. The van der Waals surface area contributed by atoms with Crippen LogP contribution in [0.5, 0.6) is 0 Å². The summed E-state index contributed by atoms with van der Waals surface area (Å²) < 4.78 is 33.6. The van der Waals surface area contributed by atoms with Crippen molar-refractivity contribution in [1.82, 2.24) is 9.88 Å². The first-order valence-electron chi connectivity index (χ1n) is 14.1. The van der Waals surface area contributed by atoms with Crippen LogP contribution in [0.3, 0.4) is 0 Å². The number of amides is 1. The van der Waals surface area contributed by atoms with Gasteiger partial charge in [-0.05, 0) is 67.6 Å². The van der Waals surface area contributed by atoms with Crippen LogP contribution in [-0.2, 0) is 16.0 Å². The minimum absolute atomic E-state index is 0.383. The van der Waals surface area contributed by atoms with Gasteiger partial charge in [-0.2, -0.15) is 14.0 Å². The third-order valence-electron chi connectivity index (χ3n) is 7.95. The van der Waals surface area contributed by atoms with Crippen LogP contribution in [0.25, 0.3) is 22.5 Å². The average Bonchev–Trinajstić information content (AvgIpc) is 2.97. The number of allylic oxidation sites excluding steroid dienone is 3. The fourth-order valence-electron chi connectivity index (χ4n) is 6.03. The molecule has 216 valence electrons. The quantitative estimate of drug-likeness (QED) is 0.342. The van der Waals surface area contributed by atoms with Crippen molar-refractivity contribution in [3.05, 3.63) is 95.2 Å². The molecular weight excluding hydrogens is 534 g/mol. The van der Waals surface area contributed by atoms with Gasteiger partial charge in [0.2, 0.25) is 0 Å². The van der Waals surface area contributed by atoms with E-state index in [1.165, 1.54) is 10.5 Å². The molecule has 0 saturated carbocycles. The molecule has 3 aromatic rings. The number of ether oxygens (including phenoxy) is 1. The second kappa shape index (κ2) is 11.8. The van der Waals surface area contributed by atoms with Crippen molar-refractivity contribution < 1.29 is 18.3 Å². The van der Waals surface area contributed by atoms with Crippen molar-refractivity contribution in [1.29, 1.82) is 5.26 Å². The number of rotatable bonds is 5. The first kappa shape index (κ1) is 29.0. The molecule has 1 amide bonds. The van der Waals surface area contributed by atoms with Crippen molar-refractivity contribution in [3.8, 4) is 17.2 Å². The van der Waals surface area contributed by atoms with E-state index >= 15 is 0 Å². The van der Waals surface area contributed by atoms with Crippen LogP contribution in [-0.4, -0.2) is 54.0 Å². The molecule has 0 N–H and O–H groups in total. The number of carbonyl (C=O) groups is 1. The van der Waals surface area contributed by atoms with Gasteiger partial charge in [-0.1, -0.05) is 42.5 Å². The Hall–Kier alpha value is -4.51. The number of pyridine rings is 1. The first-order chi connectivity index (χ1) is 20.1. The lowest BCUT2D eigenvalue weighted by molar-refractivity contribution is -0.160. The zero-order valence-electron chi connectivity index (χ0n) is 24.3. The normalized spacial score (nSPS) is 19.1. The number of alkyl halides is 2. The molecule has 1 aliphatic heterocycles. The zero-order chi connectivity index (χ0) is 30.0. The molecule has 6 nitrogen and oxygen atoms in total. The molecule has 1 aliphatic carbocycles. The van der Waals surface area contributed by atoms with Crippen LogP contribution < -0.4 is 4.90 Å². The van der Waals surface area contributed by atoms with Crippen molar-refractivity contribution in [2.45, 2.75) is 51.6 Å². The largest absolute Gasteiger partial charge is 0.495 e. The highest BCUT2D eigenvalue weighted by atomic mass is 19.3. The number of carbonyl (C=O) groups excluding carboxylic acids is 1. The predicted octanol–water partition coefficient (Wildman–Crippen LogP) is 6.72. The molecule has 5 rings (SSSR count). The summed E-state index contributed by atoms with van der Waals surface area (Å²) in [5, 5.41) is 9.21. The van der Waals surface area contributed by atoms with E-state index in [4.69, 9.17) is 9.72 Å². The molecule has 2 heterocycles. The second-order valence-electron chi connectivity index (χ2n) is 11.0. The van der Waals surface area contributed by atoms with Crippen molar-refractivity contribution >= 4 is 23.1 Å². The Balaban J connectivity index is 1.46. The summed E-state index contributed by atoms with van der Waals surface area (Å²) in [5.41, 5.74) is 6.78. The van der Waals surface area contributed by atoms with E-state index in [0.717, 1.165) is 52.2 Å². The zero-order valence-corrected chi connectivity index (χ0v) is 24.3. The van der Waals surface area contributed by atoms with Gasteiger partial charge in [-0.25, -0.2) is 4.98 Å². The third kappa shape index (κ3) is 5.64. The summed E-state index contributed by atoms with van der Waals surface area (Å²) in [5.74, 6) is -3.06. The Morgan fingerprint density at radius 2 is 1.69 bits per heavy atom. The number of piperazine rings is 1. The minimum atomic E-state index is -3.40. The average molecular weight is 569 g/mol. The molecule has 2 aliphatic rings. The standard InChI is InChI=1S/C34H34F2N4O2/c1-22-20-39(21-23(2)40(22)33(41)34(3,35)36)31-17-16-26(19-38-31)28-8-5-6-9-29-27(10-7-11-30(29)32(28)42-4)25-14-12-24(18-37)13-15-25/h5,7-8,10-17,19,22-23H,6,9,20-21H2,1-4H3/t22-,23+. The summed E-state index contributed by atoms with van der Waals surface area (Å²) in [6, 6.07) is 19.2. The molecule has 1 aromatic heterocycles. The molecule has 0 radical (unpaired) electrons. The Labute approximate surface area is 245 Å². The van der Waals surface area contributed by atoms with Crippen LogP contribution in [0.2, 0.25) is 0 Å². The minimum Gasteiger partial charge on any atom is -0.495 e. The Kier molecular flexibility index (Phi) is 8.13. The summed E-state index contributed by atoms with van der Waals surface area (Å²) in [4.78, 5) is 20.4. The SMILES string of the molecule is COC1=C(c2ccc(N3C[C@@H](C)N(C(=O)C(C)(F)F)[C@@H](C)C3)nc2)C=CCCc2c1cccc2-c1ccc(C#N)cc1. The predicted molar refractivity (Wildman–Crippen MR) is 161 cm³/mol. The fraction of sp³-hybridized carbons (Fsp3) is 0.324. The lowest BCUT2D eigenvalue weighted by Crippen LogP contribution is -2.61. The number of hydrogen-bond acceptors (Lipinski definition) is 5. The molecule has 0 spiro atoms.